The zero-order chi connectivity index (χ0) is 9.59. The monoisotopic (exact) mass is 293 g/mol. The number of aryl methyl sites for hydroxylation is 1. The summed E-state index contributed by atoms with van der Waals surface area (Å²) in [5, 5.41) is 0.733. The van der Waals surface area contributed by atoms with Crippen LogP contribution in [0, 0.1) is 22.1 Å². The van der Waals surface area contributed by atoms with Gasteiger partial charge in [-0.1, -0.05) is 0 Å². The van der Waals surface area contributed by atoms with Crippen LogP contribution in [0.25, 0.3) is 10.9 Å². The Hall–Kier alpha value is -0.650. The van der Waals surface area contributed by atoms with E-state index in [2.05, 4.69) is 27.6 Å². The second-order valence-electron chi connectivity index (χ2n) is 2.85. The van der Waals surface area contributed by atoms with Gasteiger partial charge in [-0.05, 0) is 41.6 Å². The van der Waals surface area contributed by atoms with Gasteiger partial charge in [0.1, 0.15) is 0 Å². The van der Waals surface area contributed by atoms with Crippen LogP contribution in [0.15, 0.2) is 12.1 Å². The van der Waals surface area contributed by atoms with Crippen molar-refractivity contribution in [3.8, 4) is 0 Å². The quantitative estimate of drug-likeness (QED) is 0.717. The molecule has 4 heteroatoms. The molecule has 0 radical (unpaired) electrons. The van der Waals surface area contributed by atoms with E-state index in [9.17, 15) is 8.78 Å². The highest BCUT2D eigenvalue weighted by Crippen LogP contribution is 2.26. The molecule has 0 spiro atoms. The van der Waals surface area contributed by atoms with E-state index in [1.807, 2.05) is 6.92 Å². The highest BCUT2D eigenvalue weighted by Gasteiger charge is 2.12. The van der Waals surface area contributed by atoms with Crippen LogP contribution in [0.3, 0.4) is 0 Å². The Labute approximate surface area is 87.3 Å². The summed E-state index contributed by atoms with van der Waals surface area (Å²) in [7, 11) is 0. The van der Waals surface area contributed by atoms with E-state index < -0.39 is 11.6 Å². The molecule has 0 fully saturated rings. The first-order valence-electron chi connectivity index (χ1n) is 3.73. The molecule has 1 aromatic heterocycles. The summed E-state index contributed by atoms with van der Waals surface area (Å²) in [6.45, 7) is 1.83. The minimum absolute atomic E-state index is 0.252. The first kappa shape index (κ1) is 8.93. The van der Waals surface area contributed by atoms with Crippen molar-refractivity contribution in [1.82, 2.24) is 4.98 Å². The van der Waals surface area contributed by atoms with E-state index in [1.165, 1.54) is 0 Å². The van der Waals surface area contributed by atoms with Gasteiger partial charge in [-0.15, -0.1) is 0 Å². The molecule has 2 rings (SSSR count). The second-order valence-corrected chi connectivity index (χ2v) is 3.93. The van der Waals surface area contributed by atoms with Crippen LogP contribution in [-0.2, 0) is 0 Å². The van der Waals surface area contributed by atoms with Gasteiger partial charge in [0.05, 0.1) is 5.52 Å². The number of rotatable bonds is 0. The van der Waals surface area contributed by atoms with Crippen LogP contribution < -0.4 is 0 Å². The third-order valence-electron chi connectivity index (χ3n) is 1.97. The summed E-state index contributed by atoms with van der Waals surface area (Å²) in [6.07, 6.45) is 0. The maximum Gasteiger partial charge on any atom is 0.182 e. The molecule has 0 atom stereocenters. The summed E-state index contributed by atoms with van der Waals surface area (Å²) in [5.41, 5.74) is 1.11. The molecule has 0 saturated carbocycles. The molecular weight excluding hydrogens is 287 g/mol. The maximum absolute atomic E-state index is 13.2. The van der Waals surface area contributed by atoms with Crippen molar-refractivity contribution < 1.29 is 8.78 Å². The molecule has 0 saturated heterocycles. The smallest absolute Gasteiger partial charge is 0.182 e. The summed E-state index contributed by atoms with van der Waals surface area (Å²) in [4.78, 5) is 2.81. The Morgan fingerprint density at radius 2 is 2.00 bits per heavy atom. The van der Waals surface area contributed by atoms with Crippen LogP contribution in [0.5, 0.6) is 0 Å². The number of aromatic amines is 1. The summed E-state index contributed by atoms with van der Waals surface area (Å²) in [6, 6.07) is 2.73. The number of H-pyrrole nitrogens is 1. The van der Waals surface area contributed by atoms with Crippen molar-refractivity contribution in [3.05, 3.63) is 33.0 Å². The molecule has 1 heterocycles. The minimum atomic E-state index is -0.815. The molecule has 0 unspecified atom stereocenters. The molecular formula is C9H6F2IN. The molecule has 0 aliphatic carbocycles. The molecule has 13 heavy (non-hydrogen) atoms. The van der Waals surface area contributed by atoms with E-state index in [0.29, 0.717) is 0 Å². The van der Waals surface area contributed by atoms with Gasteiger partial charge in [-0.2, -0.15) is 0 Å². The lowest BCUT2D eigenvalue weighted by Crippen LogP contribution is -1.84. The molecule has 0 aliphatic heterocycles. The highest BCUT2D eigenvalue weighted by molar-refractivity contribution is 14.1. The lowest BCUT2D eigenvalue weighted by Gasteiger charge is -1.93. The van der Waals surface area contributed by atoms with Gasteiger partial charge in [-0.3, -0.25) is 0 Å². The standard InChI is InChI=1S/C9H6F2IN/c1-4-8(12)5-2-3-6(10)7(11)9(5)13-4/h2-3,13H,1H3. The van der Waals surface area contributed by atoms with Gasteiger partial charge in [0.15, 0.2) is 11.6 Å². The van der Waals surface area contributed by atoms with Crippen molar-refractivity contribution in [3.63, 3.8) is 0 Å². The van der Waals surface area contributed by atoms with E-state index in [0.717, 1.165) is 20.7 Å². The van der Waals surface area contributed by atoms with Crippen molar-refractivity contribution >= 4 is 33.5 Å². The topological polar surface area (TPSA) is 15.8 Å². The molecule has 1 nitrogen and oxygen atoms in total. The third kappa shape index (κ3) is 1.23. The third-order valence-corrected chi connectivity index (χ3v) is 3.36. The number of aromatic nitrogens is 1. The molecule has 0 amide bonds. The zero-order valence-electron chi connectivity index (χ0n) is 6.79. The van der Waals surface area contributed by atoms with Gasteiger partial charge < -0.3 is 4.98 Å². The molecule has 0 bridgehead atoms. The summed E-state index contributed by atoms with van der Waals surface area (Å²) in [5.74, 6) is -1.62. The largest absolute Gasteiger partial charge is 0.355 e. The second kappa shape index (κ2) is 2.94. The SMILES string of the molecule is Cc1[nH]c2c(F)c(F)ccc2c1I. The van der Waals surface area contributed by atoms with Gasteiger partial charge >= 0.3 is 0 Å². The van der Waals surface area contributed by atoms with Crippen molar-refractivity contribution in [1.29, 1.82) is 0 Å². The number of hydrogen-bond donors (Lipinski definition) is 1. The number of fused-ring (bicyclic) bond motifs is 1. The minimum Gasteiger partial charge on any atom is -0.355 e. The first-order chi connectivity index (χ1) is 6.11. The predicted octanol–water partition coefficient (Wildman–Crippen LogP) is 3.36. The van der Waals surface area contributed by atoms with E-state index in [1.54, 1.807) is 6.07 Å². The Morgan fingerprint density at radius 1 is 1.31 bits per heavy atom. The number of halogens is 3. The Morgan fingerprint density at radius 3 is 2.69 bits per heavy atom. The Balaban J connectivity index is 2.94. The fourth-order valence-electron chi connectivity index (χ4n) is 1.30. The van der Waals surface area contributed by atoms with Gasteiger partial charge in [0.2, 0.25) is 0 Å². The predicted molar refractivity (Wildman–Crippen MR) is 55.7 cm³/mol. The van der Waals surface area contributed by atoms with Crippen LogP contribution in [0.2, 0.25) is 0 Å². The Bertz CT molecular complexity index is 476. The summed E-state index contributed by atoms with van der Waals surface area (Å²) < 4.78 is 26.9. The van der Waals surface area contributed by atoms with E-state index in [4.69, 9.17) is 0 Å². The molecule has 1 N–H and O–H groups in total. The fourth-order valence-corrected chi connectivity index (χ4v) is 1.88. The van der Waals surface area contributed by atoms with Crippen LogP contribution in [0.4, 0.5) is 8.78 Å². The van der Waals surface area contributed by atoms with Crippen molar-refractivity contribution in [2.24, 2.45) is 0 Å². The molecule has 2 aromatic rings. The van der Waals surface area contributed by atoms with E-state index >= 15 is 0 Å². The highest BCUT2D eigenvalue weighted by atomic mass is 127. The first-order valence-corrected chi connectivity index (χ1v) is 4.81. The normalized spacial score (nSPS) is 11.1. The maximum atomic E-state index is 13.2. The van der Waals surface area contributed by atoms with Gasteiger partial charge in [-0.25, -0.2) is 8.78 Å². The van der Waals surface area contributed by atoms with Crippen LogP contribution in [-0.4, -0.2) is 4.98 Å². The number of benzene rings is 1. The van der Waals surface area contributed by atoms with Crippen molar-refractivity contribution in [2.75, 3.05) is 0 Å². The average Bonchev–Trinajstić information content (AvgIpc) is 2.38. The number of hydrogen-bond acceptors (Lipinski definition) is 0. The van der Waals surface area contributed by atoms with Gasteiger partial charge in [0.25, 0.3) is 0 Å². The lowest BCUT2D eigenvalue weighted by atomic mass is 10.2. The number of nitrogens with one attached hydrogen (secondary N) is 1. The van der Waals surface area contributed by atoms with E-state index in [-0.39, 0.29) is 5.52 Å². The van der Waals surface area contributed by atoms with Crippen molar-refractivity contribution in [2.45, 2.75) is 6.92 Å². The molecule has 0 aliphatic rings. The molecule has 1 aromatic carbocycles. The lowest BCUT2D eigenvalue weighted by molar-refractivity contribution is 0.515. The fraction of sp³-hybridized carbons (Fsp3) is 0.111. The average molecular weight is 293 g/mol. The van der Waals surface area contributed by atoms with Crippen LogP contribution in [0.1, 0.15) is 5.69 Å². The molecule has 68 valence electrons. The van der Waals surface area contributed by atoms with Gasteiger partial charge in [0, 0.05) is 14.7 Å². The van der Waals surface area contributed by atoms with Crippen LogP contribution >= 0.6 is 22.6 Å². The Kier molecular flexibility index (Phi) is 2.02. The summed E-state index contributed by atoms with van der Waals surface area (Å²) >= 11 is 2.11. The zero-order valence-corrected chi connectivity index (χ0v) is 8.95.